The highest BCUT2D eigenvalue weighted by Crippen LogP contribution is 2.28. The average molecular weight is 244 g/mol. The number of benzene rings is 2. The summed E-state index contributed by atoms with van der Waals surface area (Å²) in [7, 11) is 0. The lowest BCUT2D eigenvalue weighted by atomic mass is 9.93. The molecule has 0 saturated carbocycles. The highest BCUT2D eigenvalue weighted by Gasteiger charge is 2.17. The maximum absolute atomic E-state index is 11.3. The lowest BCUT2D eigenvalue weighted by Gasteiger charge is -2.11. The van der Waals surface area contributed by atoms with Crippen molar-refractivity contribution in [2.24, 2.45) is 0 Å². The van der Waals surface area contributed by atoms with Crippen molar-refractivity contribution in [1.82, 2.24) is 0 Å². The van der Waals surface area contributed by atoms with E-state index < -0.39 is 11.9 Å². The molecule has 0 radical (unpaired) electrons. The topological polar surface area (TPSA) is 74.6 Å². The molecule has 0 saturated heterocycles. The summed E-state index contributed by atoms with van der Waals surface area (Å²) in [6.45, 7) is 3.51. The van der Waals surface area contributed by atoms with Crippen LogP contribution >= 0.6 is 0 Å². The summed E-state index contributed by atoms with van der Waals surface area (Å²) in [6.07, 6.45) is 0. The van der Waals surface area contributed by atoms with Crippen LogP contribution in [0.1, 0.15) is 31.8 Å². The van der Waals surface area contributed by atoms with Gasteiger partial charge in [-0.05, 0) is 41.8 Å². The van der Waals surface area contributed by atoms with Crippen molar-refractivity contribution in [2.75, 3.05) is 0 Å². The van der Waals surface area contributed by atoms with Crippen LogP contribution in [0.15, 0.2) is 24.3 Å². The van der Waals surface area contributed by atoms with E-state index >= 15 is 0 Å². The normalized spacial score (nSPS) is 10.6. The van der Waals surface area contributed by atoms with Crippen molar-refractivity contribution >= 4 is 22.7 Å². The number of fused-ring (bicyclic) bond motifs is 1. The summed E-state index contributed by atoms with van der Waals surface area (Å²) in [5.74, 6) is -2.09. The Balaban J connectivity index is 3.00. The molecule has 2 aromatic carbocycles. The monoisotopic (exact) mass is 244 g/mol. The van der Waals surface area contributed by atoms with Gasteiger partial charge in [0.1, 0.15) is 0 Å². The summed E-state index contributed by atoms with van der Waals surface area (Å²) in [5.41, 5.74) is 1.73. The van der Waals surface area contributed by atoms with Crippen LogP contribution in [0.4, 0.5) is 0 Å². The Morgan fingerprint density at radius 3 is 2.22 bits per heavy atom. The number of carbonyl (C=O) groups is 2. The van der Waals surface area contributed by atoms with Crippen LogP contribution in [0.2, 0.25) is 0 Å². The van der Waals surface area contributed by atoms with Gasteiger partial charge in [-0.2, -0.15) is 0 Å². The van der Waals surface area contributed by atoms with E-state index in [2.05, 4.69) is 0 Å². The highest BCUT2D eigenvalue weighted by atomic mass is 16.4. The molecule has 0 aliphatic carbocycles. The van der Waals surface area contributed by atoms with Gasteiger partial charge in [0.2, 0.25) is 0 Å². The molecule has 2 aromatic rings. The maximum Gasteiger partial charge on any atom is 0.336 e. The molecule has 0 aliphatic rings. The number of carboxylic acids is 2. The minimum absolute atomic E-state index is 0.123. The average Bonchev–Trinajstić information content (AvgIpc) is 2.29. The van der Waals surface area contributed by atoms with E-state index in [1.807, 2.05) is 0 Å². The molecule has 2 rings (SSSR count). The van der Waals surface area contributed by atoms with E-state index in [0.29, 0.717) is 16.3 Å². The van der Waals surface area contributed by atoms with E-state index in [0.717, 1.165) is 5.56 Å². The molecule has 0 aromatic heterocycles. The van der Waals surface area contributed by atoms with Crippen molar-refractivity contribution in [1.29, 1.82) is 0 Å². The molecule has 4 heteroatoms. The van der Waals surface area contributed by atoms with Gasteiger partial charge in [0.15, 0.2) is 0 Å². The third-order valence-electron chi connectivity index (χ3n) is 3.15. The zero-order valence-corrected chi connectivity index (χ0v) is 10.0. The Labute approximate surface area is 103 Å². The zero-order chi connectivity index (χ0) is 13.4. The summed E-state index contributed by atoms with van der Waals surface area (Å²) < 4.78 is 0. The van der Waals surface area contributed by atoms with Crippen LogP contribution in [0.3, 0.4) is 0 Å². The SMILES string of the molecule is Cc1cc2c(C(=O)O)cccc2c(C(=O)O)c1C. The molecule has 0 heterocycles. The van der Waals surface area contributed by atoms with Crippen LogP contribution < -0.4 is 0 Å². The third kappa shape index (κ3) is 1.72. The van der Waals surface area contributed by atoms with Gasteiger partial charge in [0.25, 0.3) is 0 Å². The third-order valence-corrected chi connectivity index (χ3v) is 3.15. The first-order valence-electron chi connectivity index (χ1n) is 5.43. The number of carboxylic acid groups (broad SMARTS) is 2. The van der Waals surface area contributed by atoms with Crippen molar-refractivity contribution in [3.8, 4) is 0 Å². The van der Waals surface area contributed by atoms with Gasteiger partial charge < -0.3 is 10.2 Å². The maximum atomic E-state index is 11.3. The zero-order valence-electron chi connectivity index (χ0n) is 10.0. The fourth-order valence-corrected chi connectivity index (χ4v) is 2.12. The second-order valence-corrected chi connectivity index (χ2v) is 4.20. The quantitative estimate of drug-likeness (QED) is 0.851. The first-order valence-corrected chi connectivity index (χ1v) is 5.43. The van der Waals surface area contributed by atoms with Gasteiger partial charge in [-0.15, -0.1) is 0 Å². The van der Waals surface area contributed by atoms with E-state index in [1.54, 1.807) is 32.0 Å². The van der Waals surface area contributed by atoms with Crippen LogP contribution in [0, 0.1) is 13.8 Å². The smallest absolute Gasteiger partial charge is 0.336 e. The molecule has 18 heavy (non-hydrogen) atoms. The summed E-state index contributed by atoms with van der Waals surface area (Å²) >= 11 is 0. The summed E-state index contributed by atoms with van der Waals surface area (Å²) in [6, 6.07) is 6.40. The Morgan fingerprint density at radius 2 is 1.67 bits per heavy atom. The number of aromatic carboxylic acids is 2. The van der Waals surface area contributed by atoms with Crippen molar-refractivity contribution < 1.29 is 19.8 Å². The van der Waals surface area contributed by atoms with Crippen molar-refractivity contribution in [3.05, 3.63) is 46.5 Å². The second kappa shape index (κ2) is 4.14. The van der Waals surface area contributed by atoms with Gasteiger partial charge in [0.05, 0.1) is 11.1 Å². The number of rotatable bonds is 2. The number of aryl methyl sites for hydroxylation is 1. The molecule has 0 spiro atoms. The lowest BCUT2D eigenvalue weighted by molar-refractivity contribution is 0.0686. The number of hydrogen-bond donors (Lipinski definition) is 2. The predicted molar refractivity (Wildman–Crippen MR) is 67.3 cm³/mol. The Hall–Kier alpha value is -2.36. The highest BCUT2D eigenvalue weighted by molar-refractivity contribution is 6.11. The molecule has 4 nitrogen and oxygen atoms in total. The molecular formula is C14H12O4. The van der Waals surface area contributed by atoms with Crippen LogP contribution in [-0.2, 0) is 0 Å². The molecule has 0 atom stereocenters. The Bertz CT molecular complexity index is 671. The van der Waals surface area contributed by atoms with E-state index in [-0.39, 0.29) is 11.1 Å². The summed E-state index contributed by atoms with van der Waals surface area (Å²) in [5, 5.41) is 19.3. The fourth-order valence-electron chi connectivity index (χ4n) is 2.12. The van der Waals surface area contributed by atoms with Crippen LogP contribution in [0.25, 0.3) is 10.8 Å². The molecule has 0 amide bonds. The molecular weight excluding hydrogens is 232 g/mol. The van der Waals surface area contributed by atoms with E-state index in [4.69, 9.17) is 5.11 Å². The molecule has 2 N–H and O–H groups in total. The summed E-state index contributed by atoms with van der Waals surface area (Å²) in [4.78, 5) is 22.5. The van der Waals surface area contributed by atoms with E-state index in [1.165, 1.54) is 6.07 Å². The minimum atomic E-state index is -1.06. The Morgan fingerprint density at radius 1 is 1.00 bits per heavy atom. The molecule has 0 bridgehead atoms. The van der Waals surface area contributed by atoms with Crippen LogP contribution in [0.5, 0.6) is 0 Å². The van der Waals surface area contributed by atoms with Gasteiger partial charge in [-0.1, -0.05) is 18.2 Å². The minimum Gasteiger partial charge on any atom is -0.478 e. The molecule has 92 valence electrons. The van der Waals surface area contributed by atoms with Gasteiger partial charge in [-0.3, -0.25) is 0 Å². The van der Waals surface area contributed by atoms with Crippen molar-refractivity contribution in [2.45, 2.75) is 13.8 Å². The Kier molecular flexibility index (Phi) is 2.79. The molecule has 0 fully saturated rings. The van der Waals surface area contributed by atoms with Gasteiger partial charge in [-0.25, -0.2) is 9.59 Å². The lowest BCUT2D eigenvalue weighted by Crippen LogP contribution is -2.05. The van der Waals surface area contributed by atoms with Gasteiger partial charge in [0, 0.05) is 0 Å². The first-order chi connectivity index (χ1) is 8.43. The van der Waals surface area contributed by atoms with Gasteiger partial charge >= 0.3 is 11.9 Å². The fraction of sp³-hybridized carbons (Fsp3) is 0.143. The van der Waals surface area contributed by atoms with E-state index in [9.17, 15) is 14.7 Å². The standard InChI is InChI=1S/C14H12O4/c1-7-6-11-9(12(8(7)2)14(17)18)4-3-5-10(11)13(15)16/h3-6H,1-2H3,(H,15,16)(H,17,18). The second-order valence-electron chi connectivity index (χ2n) is 4.20. The molecule has 0 unspecified atom stereocenters. The first kappa shape index (κ1) is 12.1. The largest absolute Gasteiger partial charge is 0.478 e. The van der Waals surface area contributed by atoms with Crippen molar-refractivity contribution in [3.63, 3.8) is 0 Å². The number of hydrogen-bond acceptors (Lipinski definition) is 2. The van der Waals surface area contributed by atoms with Crippen LogP contribution in [-0.4, -0.2) is 22.2 Å². The molecule has 0 aliphatic heterocycles. The predicted octanol–water partition coefficient (Wildman–Crippen LogP) is 2.85.